The molecule has 0 radical (unpaired) electrons. The number of halogens is 17. The van der Waals surface area contributed by atoms with Gasteiger partial charge >= 0.3 is 53.7 Å². The van der Waals surface area contributed by atoms with Gasteiger partial charge in [-0.05, 0) is 39.3 Å². The van der Waals surface area contributed by atoms with E-state index >= 15 is 0 Å². The Morgan fingerprint density at radius 3 is 1.60 bits per heavy atom. The van der Waals surface area contributed by atoms with Crippen LogP contribution < -0.4 is 14.5 Å². The first kappa shape index (κ1) is 40.0. The fourth-order valence-electron chi connectivity index (χ4n) is 3.50. The van der Waals surface area contributed by atoms with Gasteiger partial charge in [0, 0.05) is 12.5 Å². The maximum absolute atomic E-state index is 14.2. The predicted molar refractivity (Wildman–Crippen MR) is 122 cm³/mol. The van der Waals surface area contributed by atoms with Crippen LogP contribution in [0.15, 0.2) is 18.2 Å². The Balaban J connectivity index is 2.32. The molecular formula is C24H22F17NO5. The van der Waals surface area contributed by atoms with Crippen LogP contribution in [0.3, 0.4) is 0 Å². The van der Waals surface area contributed by atoms with E-state index in [0.717, 1.165) is 12.1 Å². The molecule has 1 amide bonds. The van der Waals surface area contributed by atoms with Crippen LogP contribution in [-0.4, -0.2) is 79.1 Å². The van der Waals surface area contributed by atoms with Crippen molar-refractivity contribution < 1.29 is 98.5 Å². The highest BCUT2D eigenvalue weighted by Crippen LogP contribution is 2.64. The Bertz CT molecular complexity index is 1280. The van der Waals surface area contributed by atoms with E-state index in [4.69, 9.17) is 19.0 Å². The average Bonchev–Trinajstić information content (AvgIpc) is 2.90. The highest BCUT2D eigenvalue weighted by atomic mass is 19.4. The van der Waals surface area contributed by atoms with E-state index in [2.05, 4.69) is 0 Å². The van der Waals surface area contributed by atoms with Crippen molar-refractivity contribution in [2.24, 2.45) is 0 Å². The van der Waals surface area contributed by atoms with Gasteiger partial charge in [0.05, 0.1) is 12.3 Å². The molecule has 272 valence electrons. The second kappa shape index (κ2) is 12.4. The molecule has 0 bridgehead atoms. The Morgan fingerprint density at radius 1 is 0.681 bits per heavy atom. The van der Waals surface area contributed by atoms with E-state index in [1.807, 2.05) is 0 Å². The second-order valence-corrected chi connectivity index (χ2v) is 10.7. The molecular weight excluding hydrogens is 705 g/mol. The van der Waals surface area contributed by atoms with Crippen molar-refractivity contribution in [2.45, 2.75) is 86.8 Å². The molecule has 0 fully saturated rings. The van der Waals surface area contributed by atoms with Crippen LogP contribution in [-0.2, 0) is 9.57 Å². The maximum Gasteiger partial charge on any atom is 0.460 e. The normalized spacial score (nSPS) is 15.8. The van der Waals surface area contributed by atoms with Crippen molar-refractivity contribution in [2.75, 3.05) is 24.9 Å². The lowest BCUT2D eigenvalue weighted by atomic mass is 9.88. The highest BCUT2D eigenvalue weighted by Gasteiger charge is 2.95. The first-order valence-electron chi connectivity index (χ1n) is 12.6. The van der Waals surface area contributed by atoms with Gasteiger partial charge in [0.15, 0.2) is 11.5 Å². The third-order valence-electron chi connectivity index (χ3n) is 5.96. The van der Waals surface area contributed by atoms with Crippen LogP contribution >= 0.6 is 0 Å². The quantitative estimate of drug-likeness (QED) is 0.122. The lowest BCUT2D eigenvalue weighted by Gasteiger charge is -2.42. The topological polar surface area (TPSA) is 57.2 Å². The third-order valence-corrected chi connectivity index (χ3v) is 5.96. The van der Waals surface area contributed by atoms with E-state index in [0.29, 0.717) is 0 Å². The molecule has 0 spiro atoms. The molecule has 6 nitrogen and oxygen atoms in total. The molecule has 47 heavy (non-hydrogen) atoms. The molecule has 0 unspecified atom stereocenters. The van der Waals surface area contributed by atoms with Crippen LogP contribution in [0.2, 0.25) is 0 Å². The number of hydrogen-bond donors (Lipinski definition) is 0. The number of hydroxylamine groups is 1. The van der Waals surface area contributed by atoms with Crippen molar-refractivity contribution in [3.8, 4) is 11.5 Å². The number of carbonyl (C=O) groups is 1. The number of benzene rings is 1. The van der Waals surface area contributed by atoms with Gasteiger partial charge in [-0.3, -0.25) is 4.84 Å². The molecule has 1 aliphatic heterocycles. The first-order chi connectivity index (χ1) is 20.8. The second-order valence-electron chi connectivity index (χ2n) is 10.7. The fraction of sp³-hybridized carbons (Fsp3) is 0.708. The number of amides is 1. The molecule has 1 aromatic carbocycles. The lowest BCUT2D eigenvalue weighted by Crippen LogP contribution is -2.74. The molecule has 1 aromatic rings. The summed E-state index contributed by atoms with van der Waals surface area (Å²) in [6.45, 7) is 2.79. The van der Waals surface area contributed by atoms with Crippen molar-refractivity contribution >= 4 is 11.8 Å². The number of carbonyl (C=O) groups excluding carboxylic acids is 1. The van der Waals surface area contributed by atoms with Gasteiger partial charge in [-0.15, -0.1) is 0 Å². The summed E-state index contributed by atoms with van der Waals surface area (Å²) in [5.41, 5.74) is -1.56. The Hall–Kier alpha value is -3.14. The summed E-state index contributed by atoms with van der Waals surface area (Å²) >= 11 is 0. The summed E-state index contributed by atoms with van der Waals surface area (Å²) in [7, 11) is 0. The summed E-state index contributed by atoms with van der Waals surface area (Å²) in [4.78, 5) is 17.5. The smallest absolute Gasteiger partial charge is 0.460 e. The van der Waals surface area contributed by atoms with Crippen LogP contribution in [0.25, 0.3) is 0 Å². The van der Waals surface area contributed by atoms with Crippen LogP contribution in [0.5, 0.6) is 11.5 Å². The summed E-state index contributed by atoms with van der Waals surface area (Å²) in [5, 5.41) is 0.214. The van der Waals surface area contributed by atoms with E-state index in [1.54, 1.807) is 0 Å². The molecule has 0 N–H and O–H groups in total. The number of nitrogens with zero attached hydrogens (tertiary/aromatic N) is 1. The minimum absolute atomic E-state index is 0.00406. The molecule has 0 saturated heterocycles. The van der Waals surface area contributed by atoms with Crippen LogP contribution in [0.1, 0.15) is 33.6 Å². The number of fused-ring (bicyclic) bond motifs is 1. The first-order valence-corrected chi connectivity index (χ1v) is 12.6. The molecule has 0 atom stereocenters. The van der Waals surface area contributed by atoms with E-state index in [1.165, 1.54) is 26.8 Å². The third kappa shape index (κ3) is 7.03. The number of anilines is 1. The number of hydrogen-bond acceptors (Lipinski definition) is 5. The number of rotatable bonds is 12. The minimum Gasteiger partial charge on any atom is -0.486 e. The SMILES string of the molecule is CC(C)(C)OC(=O)N(OCCCC(F)(F)C(F)(F)C(F)(F)C(F)(F)C(F)(F)C(F)(F)C(F)(F)C(F)(F)F)c1ccc2c(c1)OCCO2. The molecule has 0 saturated carbocycles. The monoisotopic (exact) mass is 727 g/mol. The summed E-state index contributed by atoms with van der Waals surface area (Å²) in [5.74, 6) is -56.8. The number of ether oxygens (including phenoxy) is 3. The zero-order chi connectivity index (χ0) is 36.9. The molecule has 1 heterocycles. The number of alkyl halides is 17. The predicted octanol–water partition coefficient (Wildman–Crippen LogP) is 8.92. The van der Waals surface area contributed by atoms with Crippen molar-refractivity contribution in [3.05, 3.63) is 18.2 Å². The van der Waals surface area contributed by atoms with Gasteiger partial charge in [-0.25, -0.2) is 4.79 Å². The van der Waals surface area contributed by atoms with Crippen LogP contribution in [0, 0.1) is 0 Å². The zero-order valence-electron chi connectivity index (χ0n) is 23.7. The van der Waals surface area contributed by atoms with E-state index in [-0.39, 0.29) is 35.5 Å². The van der Waals surface area contributed by atoms with Gasteiger partial charge in [-0.2, -0.15) is 79.7 Å². The van der Waals surface area contributed by atoms with Gasteiger partial charge in [-0.1, -0.05) is 0 Å². The van der Waals surface area contributed by atoms with Crippen LogP contribution in [0.4, 0.5) is 85.1 Å². The average molecular weight is 727 g/mol. The fourth-order valence-corrected chi connectivity index (χ4v) is 3.50. The highest BCUT2D eigenvalue weighted by molar-refractivity contribution is 5.86. The van der Waals surface area contributed by atoms with Crippen molar-refractivity contribution in [1.82, 2.24) is 0 Å². The molecule has 0 aliphatic carbocycles. The molecule has 23 heteroatoms. The Morgan fingerprint density at radius 2 is 1.13 bits per heavy atom. The van der Waals surface area contributed by atoms with Crippen molar-refractivity contribution in [1.29, 1.82) is 0 Å². The summed E-state index contributed by atoms with van der Waals surface area (Å²) < 4.78 is 244. The minimum atomic E-state index is -8.71. The van der Waals surface area contributed by atoms with Gasteiger partial charge in [0.25, 0.3) is 0 Å². The Kier molecular flexibility index (Phi) is 10.6. The maximum atomic E-state index is 14.2. The summed E-state index contributed by atoms with van der Waals surface area (Å²) in [6, 6.07) is 3.38. The van der Waals surface area contributed by atoms with Gasteiger partial charge < -0.3 is 14.2 Å². The summed E-state index contributed by atoms with van der Waals surface area (Å²) in [6.07, 6.45) is -13.6. The Labute approximate surface area is 252 Å². The van der Waals surface area contributed by atoms with E-state index < -0.39 is 78.8 Å². The van der Waals surface area contributed by atoms with E-state index in [9.17, 15) is 79.4 Å². The van der Waals surface area contributed by atoms with Gasteiger partial charge in [0.1, 0.15) is 18.8 Å². The lowest BCUT2D eigenvalue weighted by molar-refractivity contribution is -0.461. The standard InChI is InChI=1S/C24H22F17NO5/c1-16(2,3)47-15(43)42(12-5-6-13-14(11-12)45-10-9-44-13)46-8-4-7-17(25,26)18(27,28)19(29,30)20(31,32)21(33,34)22(35,36)23(37,38)24(39,40)41/h5-6,11H,4,7-10H2,1-3H3. The van der Waals surface area contributed by atoms with Crippen molar-refractivity contribution in [3.63, 3.8) is 0 Å². The molecule has 1 aliphatic rings. The molecule has 0 aromatic heterocycles. The van der Waals surface area contributed by atoms with Gasteiger partial charge in [0.2, 0.25) is 0 Å². The largest absolute Gasteiger partial charge is 0.486 e. The zero-order valence-corrected chi connectivity index (χ0v) is 23.7. The molecule has 2 rings (SSSR count).